The molecule has 0 radical (unpaired) electrons. The fourth-order valence-electron chi connectivity index (χ4n) is 2.55. The summed E-state index contributed by atoms with van der Waals surface area (Å²) in [6.45, 7) is 5.18. The first-order valence-electron chi connectivity index (χ1n) is 8.81. The molecule has 3 aromatic rings. The van der Waals surface area contributed by atoms with E-state index in [0.717, 1.165) is 11.3 Å². The van der Waals surface area contributed by atoms with Gasteiger partial charge in [0.25, 0.3) is 5.91 Å². The van der Waals surface area contributed by atoms with Gasteiger partial charge in [0.05, 0.1) is 6.61 Å². The van der Waals surface area contributed by atoms with Crippen molar-refractivity contribution in [2.75, 3.05) is 17.2 Å². The van der Waals surface area contributed by atoms with E-state index in [1.165, 1.54) is 5.56 Å². The predicted molar refractivity (Wildman–Crippen MR) is 106 cm³/mol. The highest BCUT2D eigenvalue weighted by Crippen LogP contribution is 2.16. The first kappa shape index (κ1) is 18.4. The van der Waals surface area contributed by atoms with E-state index < -0.39 is 0 Å². The molecule has 1 amide bonds. The van der Waals surface area contributed by atoms with Gasteiger partial charge >= 0.3 is 0 Å². The van der Waals surface area contributed by atoms with Crippen molar-refractivity contribution in [3.63, 3.8) is 0 Å². The number of anilines is 2. The second kappa shape index (κ2) is 8.80. The third-order valence-electron chi connectivity index (χ3n) is 4.01. The van der Waals surface area contributed by atoms with Crippen LogP contribution in [0, 0.1) is 6.92 Å². The van der Waals surface area contributed by atoms with Gasteiger partial charge in [-0.25, -0.2) is 9.97 Å². The van der Waals surface area contributed by atoms with E-state index in [2.05, 4.69) is 33.6 Å². The Labute approximate surface area is 158 Å². The van der Waals surface area contributed by atoms with Crippen LogP contribution in [0.3, 0.4) is 0 Å². The highest BCUT2D eigenvalue weighted by atomic mass is 16.5. The maximum absolute atomic E-state index is 12.4. The molecule has 0 spiro atoms. The van der Waals surface area contributed by atoms with Crippen LogP contribution in [-0.4, -0.2) is 22.5 Å². The molecule has 0 aliphatic heterocycles. The summed E-state index contributed by atoms with van der Waals surface area (Å²) in [4.78, 5) is 20.9. The van der Waals surface area contributed by atoms with Crippen molar-refractivity contribution in [1.82, 2.24) is 9.97 Å². The molecule has 6 nitrogen and oxygen atoms in total. The van der Waals surface area contributed by atoms with Crippen LogP contribution in [0.2, 0.25) is 0 Å². The number of aryl methyl sites for hydroxylation is 1. The minimum Gasteiger partial charge on any atom is -0.494 e. The van der Waals surface area contributed by atoms with Gasteiger partial charge in [0.2, 0.25) is 5.95 Å². The van der Waals surface area contributed by atoms with E-state index in [9.17, 15) is 4.79 Å². The predicted octanol–water partition coefficient (Wildman–Crippen LogP) is 4.05. The van der Waals surface area contributed by atoms with Gasteiger partial charge in [0.15, 0.2) is 0 Å². The van der Waals surface area contributed by atoms with E-state index in [4.69, 9.17) is 4.74 Å². The normalized spacial score (nSPS) is 10.3. The summed E-state index contributed by atoms with van der Waals surface area (Å²) in [7, 11) is 0. The summed E-state index contributed by atoms with van der Waals surface area (Å²) in [6.07, 6.45) is 1.57. The first-order chi connectivity index (χ1) is 13.2. The summed E-state index contributed by atoms with van der Waals surface area (Å²) < 4.78 is 5.40. The lowest BCUT2D eigenvalue weighted by Crippen LogP contribution is -2.15. The zero-order chi connectivity index (χ0) is 19.1. The Morgan fingerprint density at radius 1 is 1.07 bits per heavy atom. The van der Waals surface area contributed by atoms with E-state index in [0.29, 0.717) is 30.5 Å². The van der Waals surface area contributed by atoms with Gasteiger partial charge in [-0.2, -0.15) is 0 Å². The number of benzene rings is 2. The maximum atomic E-state index is 12.4. The summed E-state index contributed by atoms with van der Waals surface area (Å²) >= 11 is 0. The summed E-state index contributed by atoms with van der Waals surface area (Å²) in [6, 6.07) is 16.9. The molecule has 0 aliphatic rings. The Morgan fingerprint density at radius 3 is 2.59 bits per heavy atom. The number of ether oxygens (including phenoxy) is 1. The largest absolute Gasteiger partial charge is 0.494 e. The molecule has 2 N–H and O–H groups in total. The molecule has 1 aromatic heterocycles. The second-order valence-electron chi connectivity index (χ2n) is 5.96. The van der Waals surface area contributed by atoms with Crippen LogP contribution in [0.5, 0.6) is 5.75 Å². The molecule has 0 atom stereocenters. The topological polar surface area (TPSA) is 76.1 Å². The SMILES string of the molecule is CCOc1ccc(NC(=O)c2ccnc(NCc3ccccc3C)n2)cc1. The van der Waals surface area contributed by atoms with Gasteiger partial charge in [-0.15, -0.1) is 0 Å². The van der Waals surface area contributed by atoms with Crippen molar-refractivity contribution >= 4 is 17.5 Å². The zero-order valence-electron chi connectivity index (χ0n) is 15.4. The van der Waals surface area contributed by atoms with Gasteiger partial charge in [-0.1, -0.05) is 24.3 Å². The quantitative estimate of drug-likeness (QED) is 0.663. The highest BCUT2D eigenvalue weighted by molar-refractivity contribution is 6.02. The molecule has 6 heteroatoms. The number of hydrogen-bond donors (Lipinski definition) is 2. The van der Waals surface area contributed by atoms with Crippen LogP contribution in [0.4, 0.5) is 11.6 Å². The molecule has 2 aromatic carbocycles. The maximum Gasteiger partial charge on any atom is 0.274 e. The Balaban J connectivity index is 1.63. The minimum atomic E-state index is -0.291. The van der Waals surface area contributed by atoms with Crippen LogP contribution in [0.15, 0.2) is 60.8 Å². The number of carbonyl (C=O) groups excluding carboxylic acids is 1. The Kier molecular flexibility index (Phi) is 5.99. The molecule has 0 aliphatic carbocycles. The number of nitrogens with zero attached hydrogens (tertiary/aromatic N) is 2. The Morgan fingerprint density at radius 2 is 1.85 bits per heavy atom. The van der Waals surface area contributed by atoms with Gasteiger partial charge < -0.3 is 15.4 Å². The number of aromatic nitrogens is 2. The van der Waals surface area contributed by atoms with Crippen LogP contribution in [0.25, 0.3) is 0 Å². The molecule has 0 fully saturated rings. The van der Waals surface area contributed by atoms with Crippen molar-refractivity contribution in [3.8, 4) is 5.75 Å². The summed E-state index contributed by atoms with van der Waals surface area (Å²) in [5.74, 6) is 0.887. The standard InChI is InChI=1S/C21H22N4O2/c1-3-27-18-10-8-17(9-11-18)24-20(26)19-12-13-22-21(25-19)23-14-16-7-5-4-6-15(16)2/h4-13H,3,14H2,1-2H3,(H,24,26)(H,22,23,25). The van der Waals surface area contributed by atoms with Gasteiger partial charge in [0, 0.05) is 18.4 Å². The monoisotopic (exact) mass is 362 g/mol. The van der Waals surface area contributed by atoms with Crippen LogP contribution >= 0.6 is 0 Å². The van der Waals surface area contributed by atoms with Crippen LogP contribution < -0.4 is 15.4 Å². The van der Waals surface area contributed by atoms with Gasteiger partial charge in [-0.05, 0) is 55.3 Å². The summed E-state index contributed by atoms with van der Waals surface area (Å²) in [5.41, 5.74) is 3.32. The van der Waals surface area contributed by atoms with Crippen LogP contribution in [-0.2, 0) is 6.54 Å². The molecular weight excluding hydrogens is 340 g/mol. The molecule has 0 unspecified atom stereocenters. The zero-order valence-corrected chi connectivity index (χ0v) is 15.4. The summed E-state index contributed by atoms with van der Waals surface area (Å²) in [5, 5.41) is 5.99. The van der Waals surface area contributed by atoms with Gasteiger partial charge in [0.1, 0.15) is 11.4 Å². The van der Waals surface area contributed by atoms with Crippen molar-refractivity contribution < 1.29 is 9.53 Å². The van der Waals surface area contributed by atoms with E-state index in [-0.39, 0.29) is 5.91 Å². The van der Waals surface area contributed by atoms with Gasteiger partial charge in [-0.3, -0.25) is 4.79 Å². The minimum absolute atomic E-state index is 0.291. The lowest BCUT2D eigenvalue weighted by Gasteiger charge is -2.09. The van der Waals surface area contributed by atoms with E-state index in [1.54, 1.807) is 24.4 Å². The van der Waals surface area contributed by atoms with Crippen LogP contribution in [0.1, 0.15) is 28.5 Å². The average molecular weight is 362 g/mol. The molecule has 27 heavy (non-hydrogen) atoms. The molecule has 0 bridgehead atoms. The number of rotatable bonds is 7. The van der Waals surface area contributed by atoms with E-state index in [1.807, 2.05) is 37.3 Å². The van der Waals surface area contributed by atoms with Crippen molar-refractivity contribution in [1.29, 1.82) is 0 Å². The molecule has 0 saturated heterocycles. The number of carbonyl (C=O) groups is 1. The molecule has 138 valence electrons. The molecular formula is C21H22N4O2. The smallest absolute Gasteiger partial charge is 0.274 e. The Hall–Kier alpha value is -3.41. The lowest BCUT2D eigenvalue weighted by molar-refractivity contribution is 0.102. The third-order valence-corrected chi connectivity index (χ3v) is 4.01. The van der Waals surface area contributed by atoms with Crippen molar-refractivity contribution in [3.05, 3.63) is 77.6 Å². The van der Waals surface area contributed by atoms with Crippen molar-refractivity contribution in [2.45, 2.75) is 20.4 Å². The molecule has 0 saturated carbocycles. The molecule has 1 heterocycles. The lowest BCUT2D eigenvalue weighted by atomic mass is 10.1. The fourth-order valence-corrected chi connectivity index (χ4v) is 2.55. The number of nitrogens with one attached hydrogen (secondary N) is 2. The molecule has 3 rings (SSSR count). The third kappa shape index (κ3) is 5.04. The average Bonchev–Trinajstić information content (AvgIpc) is 2.69. The number of hydrogen-bond acceptors (Lipinski definition) is 5. The number of amides is 1. The fraction of sp³-hybridized carbons (Fsp3) is 0.190. The Bertz CT molecular complexity index is 910. The first-order valence-corrected chi connectivity index (χ1v) is 8.81. The van der Waals surface area contributed by atoms with E-state index >= 15 is 0 Å². The second-order valence-corrected chi connectivity index (χ2v) is 5.96. The highest BCUT2D eigenvalue weighted by Gasteiger charge is 2.10. The van der Waals surface area contributed by atoms with Crippen molar-refractivity contribution in [2.24, 2.45) is 0 Å².